The number of benzene rings is 5. The third-order valence-corrected chi connectivity index (χ3v) is 34.3. The fraction of sp³-hybridized carbons (Fsp3) is 0.514. The summed E-state index contributed by atoms with van der Waals surface area (Å²) in [5, 5.41) is 22.3. The normalized spacial score (nSPS) is 20.5. The van der Waals surface area contributed by atoms with Crippen LogP contribution >= 0.6 is 136 Å². The van der Waals surface area contributed by atoms with Gasteiger partial charge in [-0.3, -0.25) is 38.4 Å². The number of hydrogen-bond acceptors (Lipinski definition) is 30. The van der Waals surface area contributed by atoms with Crippen LogP contribution < -0.4 is 29.4 Å². The van der Waals surface area contributed by atoms with Crippen molar-refractivity contribution in [3.8, 4) is 71.0 Å². The van der Waals surface area contributed by atoms with Crippen molar-refractivity contribution in [2.45, 2.75) is 164 Å². The molecule has 29 nitrogen and oxygen atoms in total. The van der Waals surface area contributed by atoms with E-state index in [0.29, 0.717) is 152 Å². The van der Waals surface area contributed by atoms with Crippen molar-refractivity contribution in [2.24, 2.45) is 47.2 Å². The second-order valence-corrected chi connectivity index (χ2v) is 45.6. The molecule has 19 rings (SSSR count). The Bertz CT molecular complexity index is 5710. The lowest BCUT2D eigenvalue weighted by Gasteiger charge is -2.29. The molecule has 10 aliphatic rings. The molecule has 5 aromatic carbocycles. The van der Waals surface area contributed by atoms with Gasteiger partial charge in [0.15, 0.2) is 0 Å². The number of alkyl halides is 6. The van der Waals surface area contributed by atoms with Gasteiger partial charge in [-0.15, -0.1) is 91.8 Å². The summed E-state index contributed by atoms with van der Waals surface area (Å²) >= 11 is 40.4. The molecule has 3 aliphatic heterocycles. The smallest absolute Gasteiger partial charge is 0.309 e. The number of fused-ring (bicyclic) bond motifs is 4. The standard InChI is InChI=1S/C25H33N3O3S.C20H23ClN2O3S.C17H18ClNO3S.C16H16ClNO3S.C10H12ClNOS.C7H11BrO3.C7H9BrO3.C7H10O2/c1-18-4-2-9-27(18)10-3-13-31-21-7-5-19(6-8-21)24-26-22-16-20(17-23(22)32-24)25(29)28-11-14-30-15-12-28;21-6-1-9-26-16-4-2-14(3-5-16)19-22-17-12-15(13-18(17)27-19)20(24)23-7-10-25-11-8-23;1-21-17(20)12-9-14-15(10-12)23-16(19-14)11-3-5-13(6-4-11)22-8-2-7-18;17-6-1-7-21-12-4-2-10(3-5-12)15-18-13-8-11(16(19)20)9-14(13)22-15;11-6-1-7-13-9-4-2-8(3-5-9)10(12)14;2*1-11-7(10)4-2-5(8)6(9)3-4;1-9-7(8)6-4-2-3-5-6/h5-8,18,20H,2-4,9-17H2,1H3;2-5,15H,1,6-13H2;3-6,12H,2,7-10H2,1H3;2-5,11H,1,6-9H2,(H,19,20);2-5H,1,6-7H2,(H2,12,14);4-6,9H,2-3H2,1H3;4-5H,2-3H2,1H3;2-3,6H,4-5H2,1H3. The maximum Gasteiger partial charge on any atom is 0.309 e. The van der Waals surface area contributed by atoms with E-state index < -0.39 is 12.1 Å². The number of allylic oxidation sites excluding steroid dienone is 2. The average molecular weight is 2350 g/mol. The number of hydrogen-bond donors (Lipinski definition) is 3. The molecule has 9 aromatic rings. The SMILES string of the molecule is CC1CCCN1CCCOc1ccc(-c2nc3c(s2)CC(C(=O)N2CCOCC2)C3)cc1.COC(=O)C1CC(=O)C(Br)C1.COC(=O)C1CC(O)C(Br)C1.COC(=O)C1CC=CC1.COC(=O)C1Cc2nc(-c3ccc(OCCCCl)cc3)sc2C1.NC(=S)c1ccc(OCCCCl)cc1.O=C(C1Cc2nc(-c3ccc(OCCCCl)cc3)sc2C1)N1CCOCC1.O=C(O)C1Cc2nc(-c3ccc(OCCCCl)cc3)sc2C1. The second kappa shape index (κ2) is 61.9. The number of carboxylic acids is 1. The van der Waals surface area contributed by atoms with E-state index in [1.807, 2.05) is 131 Å². The Hall–Kier alpha value is -8.83. The van der Waals surface area contributed by atoms with Crippen molar-refractivity contribution in [3.63, 3.8) is 0 Å². The lowest BCUT2D eigenvalue weighted by molar-refractivity contribution is -0.146. The summed E-state index contributed by atoms with van der Waals surface area (Å²) in [6, 6.07) is 40.2. The Morgan fingerprint density at radius 1 is 0.430 bits per heavy atom. The molecule has 3 saturated heterocycles. The third kappa shape index (κ3) is 36.1. The van der Waals surface area contributed by atoms with Crippen LogP contribution in [0.15, 0.2) is 133 Å². The molecule has 2 amide bonds. The Balaban J connectivity index is 0.000000156. The summed E-state index contributed by atoms with van der Waals surface area (Å²) < 4.78 is 57.3. The van der Waals surface area contributed by atoms with Gasteiger partial charge in [-0.25, -0.2) is 19.9 Å². The monoisotopic (exact) mass is 2350 g/mol. The maximum atomic E-state index is 12.8. The zero-order valence-corrected chi connectivity index (χ0v) is 94.8. The number of aliphatic hydroxyl groups is 1. The molecule has 149 heavy (non-hydrogen) atoms. The number of carbonyl (C=O) groups excluding carboxylic acids is 7. The van der Waals surface area contributed by atoms with Crippen molar-refractivity contribution >= 4 is 188 Å². The predicted octanol–water partition coefficient (Wildman–Crippen LogP) is 19.4. The summed E-state index contributed by atoms with van der Waals surface area (Å²) in [6.45, 7) is 13.4. The van der Waals surface area contributed by atoms with Crippen LogP contribution in [0.3, 0.4) is 0 Å². The van der Waals surface area contributed by atoms with Crippen LogP contribution in [0.4, 0.5) is 0 Å². The number of ketones is 1. The number of esters is 4. The van der Waals surface area contributed by atoms with Crippen molar-refractivity contribution in [1.29, 1.82) is 0 Å². The first-order chi connectivity index (χ1) is 72.2. The molecule has 0 bridgehead atoms. The number of thiocarbonyl (C=S) groups is 1. The maximum absolute atomic E-state index is 12.8. The third-order valence-electron chi connectivity index (χ3n) is 26.5. The Labute approximate surface area is 929 Å². The number of aliphatic hydroxyl groups excluding tert-OH is 1. The molecule has 40 heteroatoms. The van der Waals surface area contributed by atoms with Gasteiger partial charge in [0.25, 0.3) is 0 Å². The van der Waals surface area contributed by atoms with Crippen LogP contribution in [-0.4, -0.2) is 270 Å². The van der Waals surface area contributed by atoms with E-state index in [0.717, 1.165) is 200 Å². The first kappa shape index (κ1) is 119. The largest absolute Gasteiger partial charge is 0.494 e. The van der Waals surface area contributed by atoms with Gasteiger partial charge in [-0.1, -0.05) is 56.2 Å². The number of methoxy groups -OCH3 is 4. The van der Waals surface area contributed by atoms with Crippen LogP contribution in [0.2, 0.25) is 0 Å². The highest BCUT2D eigenvalue weighted by Crippen LogP contribution is 2.43. The number of thiazole rings is 4. The molecule has 2 saturated carbocycles. The van der Waals surface area contributed by atoms with Crippen LogP contribution in [0.1, 0.15) is 138 Å². The van der Waals surface area contributed by atoms with Gasteiger partial charge in [0.05, 0.1) is 151 Å². The summed E-state index contributed by atoms with van der Waals surface area (Å²) in [5.41, 5.74) is 14.8. The Morgan fingerprint density at radius 2 is 0.758 bits per heavy atom. The first-order valence-corrected chi connectivity index (χ1v) is 58.1. The van der Waals surface area contributed by atoms with E-state index >= 15 is 0 Å². The van der Waals surface area contributed by atoms with E-state index in [2.05, 4.69) is 80.0 Å². The van der Waals surface area contributed by atoms with Crippen molar-refractivity contribution in [3.05, 3.63) is 181 Å². The molecule has 5 fully saturated rings. The first-order valence-electron chi connectivity index (χ1n) is 50.5. The number of aliphatic carboxylic acids is 1. The number of likely N-dealkylation sites (tertiary alicyclic amines) is 1. The zero-order chi connectivity index (χ0) is 106. The van der Waals surface area contributed by atoms with E-state index in [4.69, 9.17) is 117 Å². The molecule has 7 heterocycles. The Morgan fingerprint density at radius 3 is 1.07 bits per heavy atom. The number of morpholine rings is 2. The number of aromatic nitrogens is 4. The predicted molar refractivity (Wildman–Crippen MR) is 594 cm³/mol. The summed E-state index contributed by atoms with van der Waals surface area (Å²) in [4.78, 5) is 122. The van der Waals surface area contributed by atoms with Gasteiger partial charge in [0.2, 0.25) is 11.8 Å². The van der Waals surface area contributed by atoms with Crippen molar-refractivity contribution < 1.29 is 101 Å². The minimum absolute atomic E-state index is 0.0450. The van der Waals surface area contributed by atoms with Crippen LogP contribution in [0, 0.1) is 41.4 Å². The average Bonchev–Trinajstić information content (AvgIpc) is 1.71. The number of carboxylic acid groups (broad SMARTS) is 1. The van der Waals surface area contributed by atoms with Gasteiger partial charge in [0, 0.05) is 158 Å². The number of carbonyl (C=O) groups is 8. The summed E-state index contributed by atoms with van der Waals surface area (Å²) in [5.74, 6) is 5.32. The van der Waals surface area contributed by atoms with E-state index in [-0.39, 0.29) is 92.6 Å². The van der Waals surface area contributed by atoms with Gasteiger partial charge in [-0.2, -0.15) is 0 Å². The topological polar surface area (TPSA) is 366 Å². The van der Waals surface area contributed by atoms with Gasteiger partial charge in [0.1, 0.15) is 59.5 Å². The highest BCUT2D eigenvalue weighted by atomic mass is 79.9. The van der Waals surface area contributed by atoms with Gasteiger partial charge >= 0.3 is 29.8 Å². The molecule has 7 aliphatic carbocycles. The molecular formula is C109H132Br2Cl4N8O21S5. The number of nitrogens with zero attached hydrogens (tertiary/aromatic N) is 7. The zero-order valence-electron chi connectivity index (χ0n) is 84.5. The second-order valence-electron chi connectivity index (χ2n) is 37.0. The summed E-state index contributed by atoms with van der Waals surface area (Å²) in [7, 11) is 5.58. The van der Waals surface area contributed by atoms with Crippen molar-refractivity contribution in [1.82, 2.24) is 34.6 Å². The van der Waals surface area contributed by atoms with Crippen molar-refractivity contribution in [2.75, 3.05) is 151 Å². The molecule has 0 radical (unpaired) electrons. The number of halogens is 6. The van der Waals surface area contributed by atoms with Crippen LogP contribution in [0.5, 0.6) is 28.7 Å². The molecule has 0 spiro atoms. The number of rotatable bonds is 33. The number of Topliss-reactive ketones (excluding diaryl/α,β-unsaturated/α-hetero) is 1. The van der Waals surface area contributed by atoms with Gasteiger partial charge < -0.3 is 82.8 Å². The molecule has 4 aromatic heterocycles. The Kier molecular flexibility index (Phi) is 49.4. The van der Waals surface area contributed by atoms with E-state index in [1.165, 1.54) is 62.5 Å². The number of amides is 2. The molecule has 4 N–H and O–H groups in total. The summed E-state index contributed by atoms with van der Waals surface area (Å²) in [6.07, 6.45) is 20.2. The molecule has 10 unspecified atom stereocenters. The minimum Gasteiger partial charge on any atom is -0.494 e. The lowest BCUT2D eigenvalue weighted by atomic mass is 10.1. The number of nitrogens with two attached hydrogens (primary N) is 1. The van der Waals surface area contributed by atoms with Crippen LogP contribution in [-0.2, 0) is 118 Å². The van der Waals surface area contributed by atoms with E-state index in [9.17, 15) is 43.5 Å². The van der Waals surface area contributed by atoms with E-state index in [1.54, 1.807) is 45.3 Å². The molecule has 806 valence electrons. The quantitative estimate of drug-likeness (QED) is 0.00859. The lowest BCUT2D eigenvalue weighted by Crippen LogP contribution is -2.44. The minimum atomic E-state index is -0.731. The molecule has 10 atom stereocenters. The highest BCUT2D eigenvalue weighted by Gasteiger charge is 2.41. The fourth-order valence-corrected chi connectivity index (χ4v) is 24.7. The highest BCUT2D eigenvalue weighted by molar-refractivity contribution is 9.10. The van der Waals surface area contributed by atoms with Crippen LogP contribution in [0.25, 0.3) is 42.3 Å². The fourth-order valence-electron chi connectivity index (χ4n) is 18.1. The number of ether oxygens (including phenoxy) is 11. The van der Waals surface area contributed by atoms with Gasteiger partial charge in [-0.05, 0) is 238 Å². The molecular weight excluding hydrogens is 2220 g/mol.